The van der Waals surface area contributed by atoms with Crippen LogP contribution in [0.4, 0.5) is 0 Å². The van der Waals surface area contributed by atoms with Crippen molar-refractivity contribution in [3.63, 3.8) is 0 Å². The zero-order valence-corrected chi connectivity index (χ0v) is 15.4. The predicted octanol–water partition coefficient (Wildman–Crippen LogP) is 3.12. The van der Waals surface area contributed by atoms with Crippen molar-refractivity contribution in [1.82, 2.24) is 0 Å². The molecule has 0 bridgehead atoms. The fourth-order valence-electron chi connectivity index (χ4n) is 2.84. The Labute approximate surface area is 149 Å². The summed E-state index contributed by atoms with van der Waals surface area (Å²) in [5.74, 6) is -0.692. The summed E-state index contributed by atoms with van der Waals surface area (Å²) in [6.07, 6.45) is 2.95. The first-order chi connectivity index (χ1) is 12.0. The molecule has 0 aromatic heterocycles. The van der Waals surface area contributed by atoms with Gasteiger partial charge in [-0.3, -0.25) is 4.79 Å². The average Bonchev–Trinajstić information content (AvgIpc) is 3.16. The van der Waals surface area contributed by atoms with E-state index in [1.807, 2.05) is 32.0 Å². The lowest BCUT2D eigenvalue weighted by molar-refractivity contribution is -0.156. The largest absolute Gasteiger partial charge is 0.455 e. The van der Waals surface area contributed by atoms with E-state index in [-0.39, 0.29) is 18.5 Å². The van der Waals surface area contributed by atoms with Crippen molar-refractivity contribution in [2.24, 2.45) is 0 Å². The molecule has 5 heteroatoms. The highest BCUT2D eigenvalue weighted by Crippen LogP contribution is 2.15. The number of hydrogen-bond donors (Lipinski definition) is 0. The second-order valence-corrected chi connectivity index (χ2v) is 6.34. The summed E-state index contributed by atoms with van der Waals surface area (Å²) in [5.41, 5.74) is 2.71. The molecule has 0 spiro atoms. The lowest BCUT2D eigenvalue weighted by atomic mass is 9.98. The molecule has 1 saturated heterocycles. The Balaban J connectivity index is 1.84. The van der Waals surface area contributed by atoms with Crippen molar-refractivity contribution in [2.45, 2.75) is 58.7 Å². The van der Waals surface area contributed by atoms with E-state index >= 15 is 0 Å². The smallest absolute Gasteiger partial charge is 0.335 e. The van der Waals surface area contributed by atoms with E-state index in [1.54, 1.807) is 6.92 Å². The molecule has 5 nitrogen and oxygen atoms in total. The summed E-state index contributed by atoms with van der Waals surface area (Å²) in [5, 5.41) is 0. The number of benzene rings is 1. The molecular weight excluding hydrogens is 320 g/mol. The molecule has 0 radical (unpaired) electrons. The fourth-order valence-corrected chi connectivity index (χ4v) is 2.84. The summed E-state index contributed by atoms with van der Waals surface area (Å²) < 4.78 is 16.1. The second-order valence-electron chi connectivity index (χ2n) is 6.34. The highest BCUT2D eigenvalue weighted by molar-refractivity contribution is 5.99. The first-order valence-electron chi connectivity index (χ1n) is 9.10. The van der Waals surface area contributed by atoms with Gasteiger partial charge in [0.05, 0.1) is 12.7 Å². The molecule has 0 N–H and O–H groups in total. The van der Waals surface area contributed by atoms with Crippen LogP contribution in [0.2, 0.25) is 0 Å². The monoisotopic (exact) mass is 348 g/mol. The molecule has 2 unspecified atom stereocenters. The van der Waals surface area contributed by atoms with Crippen LogP contribution in [0.5, 0.6) is 0 Å². The van der Waals surface area contributed by atoms with Crippen molar-refractivity contribution in [2.75, 3.05) is 19.8 Å². The Bertz CT molecular complexity index is 590. The van der Waals surface area contributed by atoms with E-state index in [0.29, 0.717) is 12.2 Å². The van der Waals surface area contributed by atoms with Crippen molar-refractivity contribution in [3.8, 4) is 0 Å². The van der Waals surface area contributed by atoms with Crippen LogP contribution in [0.15, 0.2) is 18.2 Å². The van der Waals surface area contributed by atoms with Gasteiger partial charge in [0.25, 0.3) is 0 Å². The third kappa shape index (κ3) is 5.65. The van der Waals surface area contributed by atoms with Gasteiger partial charge in [0.1, 0.15) is 0 Å². The van der Waals surface area contributed by atoms with E-state index in [9.17, 15) is 9.59 Å². The Morgan fingerprint density at radius 2 is 2.08 bits per heavy atom. The third-order valence-electron chi connectivity index (χ3n) is 4.50. The number of carbonyl (C=O) groups is 2. The van der Waals surface area contributed by atoms with Crippen LogP contribution in [-0.2, 0) is 31.8 Å². The number of ketones is 1. The van der Waals surface area contributed by atoms with Crippen molar-refractivity contribution >= 4 is 11.8 Å². The molecule has 1 aliphatic rings. The van der Waals surface area contributed by atoms with E-state index in [0.717, 1.165) is 43.4 Å². The number of Topliss-reactive ketones (excluding diaryl/α,β-unsaturated/α-hetero) is 1. The maximum Gasteiger partial charge on any atom is 0.335 e. The number of hydrogen-bond acceptors (Lipinski definition) is 5. The summed E-state index contributed by atoms with van der Waals surface area (Å²) >= 11 is 0. The van der Waals surface area contributed by atoms with Gasteiger partial charge in [0.2, 0.25) is 5.78 Å². The lowest BCUT2D eigenvalue weighted by Gasteiger charge is -2.15. The molecule has 1 heterocycles. The van der Waals surface area contributed by atoms with Gasteiger partial charge in [-0.25, -0.2) is 4.79 Å². The molecule has 138 valence electrons. The molecule has 25 heavy (non-hydrogen) atoms. The molecule has 1 aromatic carbocycles. The minimum Gasteiger partial charge on any atom is -0.455 e. The van der Waals surface area contributed by atoms with Crippen LogP contribution in [0, 0.1) is 0 Å². The van der Waals surface area contributed by atoms with Crippen LogP contribution in [-0.4, -0.2) is 43.8 Å². The molecule has 0 aliphatic carbocycles. The number of carbonyl (C=O) groups excluding carboxylic acids is 2. The maximum absolute atomic E-state index is 12.4. The van der Waals surface area contributed by atoms with Gasteiger partial charge in [0.15, 0.2) is 12.7 Å². The van der Waals surface area contributed by atoms with Gasteiger partial charge < -0.3 is 14.2 Å². The third-order valence-corrected chi connectivity index (χ3v) is 4.50. The Hall–Kier alpha value is -1.72. The van der Waals surface area contributed by atoms with Gasteiger partial charge >= 0.3 is 5.97 Å². The van der Waals surface area contributed by atoms with Gasteiger partial charge in [0, 0.05) is 12.2 Å². The van der Waals surface area contributed by atoms with Crippen LogP contribution in [0.3, 0.4) is 0 Å². The van der Waals surface area contributed by atoms with Crippen molar-refractivity contribution in [3.05, 3.63) is 34.9 Å². The SMILES string of the molecule is CCc1ccc(CC)c(C(=O)COC(=O)C(C)OCC2CCCO2)c1. The number of aryl methyl sites for hydroxylation is 2. The molecular formula is C20H28O5. The predicted molar refractivity (Wildman–Crippen MR) is 94.9 cm³/mol. The summed E-state index contributed by atoms with van der Waals surface area (Å²) in [6.45, 7) is 6.55. The van der Waals surface area contributed by atoms with Gasteiger partial charge in [-0.1, -0.05) is 26.0 Å². The second kappa shape index (κ2) is 9.68. The summed E-state index contributed by atoms with van der Waals surface area (Å²) in [7, 11) is 0. The highest BCUT2D eigenvalue weighted by Gasteiger charge is 2.22. The Morgan fingerprint density at radius 3 is 2.72 bits per heavy atom. The van der Waals surface area contributed by atoms with Crippen LogP contribution >= 0.6 is 0 Å². The van der Waals surface area contributed by atoms with E-state index in [1.165, 1.54) is 0 Å². The minimum atomic E-state index is -0.704. The van der Waals surface area contributed by atoms with Crippen LogP contribution in [0.25, 0.3) is 0 Å². The average molecular weight is 348 g/mol. The zero-order valence-electron chi connectivity index (χ0n) is 15.4. The number of rotatable bonds is 9. The topological polar surface area (TPSA) is 61.8 Å². The summed E-state index contributed by atoms with van der Waals surface area (Å²) in [6, 6.07) is 5.90. The van der Waals surface area contributed by atoms with Crippen molar-refractivity contribution < 1.29 is 23.8 Å². The Morgan fingerprint density at radius 1 is 1.28 bits per heavy atom. The lowest BCUT2D eigenvalue weighted by Crippen LogP contribution is -2.29. The molecule has 2 atom stereocenters. The molecule has 0 amide bonds. The first kappa shape index (κ1) is 19.6. The van der Waals surface area contributed by atoms with Gasteiger partial charge in [-0.2, -0.15) is 0 Å². The molecule has 1 fully saturated rings. The van der Waals surface area contributed by atoms with E-state index in [2.05, 4.69) is 0 Å². The van der Waals surface area contributed by atoms with Crippen LogP contribution < -0.4 is 0 Å². The number of ether oxygens (including phenoxy) is 3. The molecule has 2 rings (SSSR count). The molecule has 1 aliphatic heterocycles. The molecule has 0 saturated carbocycles. The first-order valence-corrected chi connectivity index (χ1v) is 9.10. The maximum atomic E-state index is 12.4. The standard InChI is InChI=1S/C20H28O5/c1-4-15-8-9-16(5-2)18(11-15)19(21)13-25-20(22)14(3)24-12-17-7-6-10-23-17/h8-9,11,14,17H,4-7,10,12-13H2,1-3H3. The highest BCUT2D eigenvalue weighted by atomic mass is 16.6. The van der Waals surface area contributed by atoms with E-state index < -0.39 is 12.1 Å². The fraction of sp³-hybridized carbons (Fsp3) is 0.600. The van der Waals surface area contributed by atoms with Crippen LogP contribution in [0.1, 0.15) is 55.1 Å². The van der Waals surface area contributed by atoms with Gasteiger partial charge in [-0.15, -0.1) is 0 Å². The van der Waals surface area contributed by atoms with Gasteiger partial charge in [-0.05, 0) is 49.8 Å². The zero-order chi connectivity index (χ0) is 18.2. The quantitative estimate of drug-likeness (QED) is 0.507. The van der Waals surface area contributed by atoms with E-state index in [4.69, 9.17) is 14.2 Å². The van der Waals surface area contributed by atoms with Crippen molar-refractivity contribution in [1.29, 1.82) is 0 Å². The summed E-state index contributed by atoms with van der Waals surface area (Å²) in [4.78, 5) is 24.5. The normalized spacial score (nSPS) is 18.1. The molecule has 1 aromatic rings. The number of esters is 1. The Kier molecular flexibility index (Phi) is 7.59. The minimum absolute atomic E-state index is 0.0563.